The highest BCUT2D eigenvalue weighted by atomic mass is 32.2. The number of nitrogens with zero attached hydrogens (tertiary/aromatic N) is 5. The number of benzene rings is 2. The summed E-state index contributed by atoms with van der Waals surface area (Å²) in [6, 6.07) is 12.6. The number of carbonyl (C=O) groups excluding carboxylic acids is 1. The number of aryl methyl sites for hydroxylation is 1. The van der Waals surface area contributed by atoms with E-state index in [-0.39, 0.29) is 16.7 Å². The van der Waals surface area contributed by atoms with E-state index in [0.717, 1.165) is 31.5 Å². The molecule has 3 heterocycles. The summed E-state index contributed by atoms with van der Waals surface area (Å²) in [4.78, 5) is 23.9. The third-order valence-electron chi connectivity index (χ3n) is 7.89. The molecule has 0 atom stereocenters. The quantitative estimate of drug-likeness (QED) is 0.255. The Balaban J connectivity index is 1.43. The number of methoxy groups -OCH3 is 1. The second-order valence-corrected chi connectivity index (χ2v) is 13.9. The van der Waals surface area contributed by atoms with Gasteiger partial charge in [0.05, 0.1) is 34.8 Å². The van der Waals surface area contributed by atoms with Gasteiger partial charge in [-0.1, -0.05) is 26.0 Å². The van der Waals surface area contributed by atoms with Crippen molar-refractivity contribution < 1.29 is 17.9 Å². The molecule has 4 aromatic rings. The van der Waals surface area contributed by atoms with Gasteiger partial charge < -0.3 is 20.3 Å². The minimum atomic E-state index is -3.55. The first kappa shape index (κ1) is 30.3. The van der Waals surface area contributed by atoms with Crippen LogP contribution in [0.4, 0.5) is 23.3 Å². The summed E-state index contributed by atoms with van der Waals surface area (Å²) in [5, 5.41) is 10.2. The number of ether oxygens (including phenoxy) is 1. The minimum absolute atomic E-state index is 0.00581. The monoisotopic (exact) mass is 605 g/mol. The fourth-order valence-corrected chi connectivity index (χ4v) is 6.66. The van der Waals surface area contributed by atoms with Crippen LogP contribution in [-0.4, -0.2) is 64.3 Å². The first-order valence-electron chi connectivity index (χ1n) is 14.6. The van der Waals surface area contributed by atoms with Crippen LogP contribution in [0.3, 0.4) is 0 Å². The summed E-state index contributed by atoms with van der Waals surface area (Å²) in [6.45, 7) is 10.8. The molecule has 1 saturated heterocycles. The number of rotatable bonds is 9. The number of aromatic nitrogens is 4. The average Bonchev–Trinajstić information content (AvgIpc) is 3.46. The van der Waals surface area contributed by atoms with Gasteiger partial charge in [0, 0.05) is 25.1 Å². The molecule has 1 aliphatic rings. The molecule has 0 bridgehead atoms. The molecule has 1 fully saturated rings. The number of nitrogens with one attached hydrogen (secondary N) is 2. The first-order valence-corrected chi connectivity index (χ1v) is 16.1. The van der Waals surface area contributed by atoms with Crippen LogP contribution in [0, 0.1) is 12.8 Å². The van der Waals surface area contributed by atoms with Gasteiger partial charge in [-0.15, -0.1) is 0 Å². The Morgan fingerprint density at radius 2 is 1.72 bits per heavy atom. The van der Waals surface area contributed by atoms with Gasteiger partial charge in [-0.25, -0.2) is 8.42 Å². The molecular formula is C31H39N7O4S. The van der Waals surface area contributed by atoms with E-state index in [1.807, 2.05) is 24.8 Å². The Kier molecular flexibility index (Phi) is 8.59. The average molecular weight is 606 g/mol. The molecule has 43 heavy (non-hydrogen) atoms. The summed E-state index contributed by atoms with van der Waals surface area (Å²) in [5.41, 5.74) is 3.94. The van der Waals surface area contributed by atoms with Crippen LogP contribution < -0.4 is 15.4 Å². The van der Waals surface area contributed by atoms with Crippen molar-refractivity contribution in [2.24, 2.45) is 5.92 Å². The Bertz CT molecular complexity index is 1740. The molecule has 5 rings (SSSR count). The van der Waals surface area contributed by atoms with Crippen molar-refractivity contribution in [3.05, 3.63) is 59.8 Å². The van der Waals surface area contributed by atoms with E-state index in [1.165, 1.54) is 10.1 Å². The lowest BCUT2D eigenvalue weighted by Crippen LogP contribution is -2.40. The normalized spacial score (nSPS) is 14.5. The fraction of sp³-hybridized carbons (Fsp3) is 0.419. The van der Waals surface area contributed by atoms with Gasteiger partial charge in [-0.05, 0) is 74.9 Å². The van der Waals surface area contributed by atoms with Crippen molar-refractivity contribution in [3.8, 4) is 5.75 Å². The van der Waals surface area contributed by atoms with Crippen LogP contribution in [0.1, 0.15) is 57.6 Å². The number of piperidine rings is 1. The maximum atomic E-state index is 13.0. The summed E-state index contributed by atoms with van der Waals surface area (Å²) >= 11 is 0. The molecule has 1 aliphatic heterocycles. The van der Waals surface area contributed by atoms with Gasteiger partial charge >= 0.3 is 0 Å². The predicted molar refractivity (Wildman–Crippen MR) is 167 cm³/mol. The smallest absolute Gasteiger partial charge is 0.233 e. The number of amides is 1. The van der Waals surface area contributed by atoms with Crippen LogP contribution in [0.5, 0.6) is 5.75 Å². The number of likely N-dealkylation sites (tertiary alicyclic amines) is 1. The second kappa shape index (κ2) is 12.2. The van der Waals surface area contributed by atoms with Gasteiger partial charge in [0.1, 0.15) is 5.75 Å². The molecule has 1 amide bonds. The molecule has 0 radical (unpaired) electrons. The largest absolute Gasteiger partial charge is 0.495 e. The van der Waals surface area contributed by atoms with Crippen LogP contribution in [-0.2, 0) is 14.6 Å². The SMILES string of the molecule is COc1cc(C2CCN(C(=O)C(C)C)CC2)c(C)cc1Nc1nc(Nc2ccccc2S(=O)(=O)C(C)C)n2nccc2n1. The van der Waals surface area contributed by atoms with Gasteiger partial charge in [0.15, 0.2) is 15.5 Å². The predicted octanol–water partition coefficient (Wildman–Crippen LogP) is 5.47. The van der Waals surface area contributed by atoms with Crippen molar-refractivity contribution in [1.82, 2.24) is 24.5 Å². The topological polar surface area (TPSA) is 131 Å². The number of hydrogen-bond donors (Lipinski definition) is 2. The minimum Gasteiger partial charge on any atom is -0.495 e. The molecule has 2 N–H and O–H groups in total. The van der Waals surface area contributed by atoms with E-state index >= 15 is 0 Å². The van der Waals surface area contributed by atoms with E-state index in [2.05, 4.69) is 38.7 Å². The molecule has 2 aromatic carbocycles. The van der Waals surface area contributed by atoms with Crippen molar-refractivity contribution in [2.75, 3.05) is 30.8 Å². The van der Waals surface area contributed by atoms with E-state index in [4.69, 9.17) is 4.74 Å². The highest BCUT2D eigenvalue weighted by molar-refractivity contribution is 7.92. The zero-order chi connectivity index (χ0) is 30.9. The number of hydrogen-bond acceptors (Lipinski definition) is 9. The van der Waals surface area contributed by atoms with Crippen LogP contribution in [0.2, 0.25) is 0 Å². The summed E-state index contributed by atoms with van der Waals surface area (Å²) in [6.07, 6.45) is 3.41. The number of carbonyl (C=O) groups is 1. The molecule has 2 aromatic heterocycles. The summed E-state index contributed by atoms with van der Waals surface area (Å²) < 4.78 is 33.4. The maximum Gasteiger partial charge on any atom is 0.233 e. The van der Waals surface area contributed by atoms with Crippen LogP contribution in [0.15, 0.2) is 53.6 Å². The van der Waals surface area contributed by atoms with Crippen molar-refractivity contribution in [2.45, 2.75) is 63.5 Å². The Morgan fingerprint density at radius 3 is 2.40 bits per heavy atom. The second-order valence-electron chi connectivity index (χ2n) is 11.5. The zero-order valence-corrected chi connectivity index (χ0v) is 26.3. The highest BCUT2D eigenvalue weighted by Gasteiger charge is 2.27. The van der Waals surface area contributed by atoms with Gasteiger partial charge in [0.25, 0.3) is 0 Å². The fourth-order valence-electron chi connectivity index (χ4n) is 5.46. The van der Waals surface area contributed by atoms with Gasteiger partial charge in [-0.2, -0.15) is 19.6 Å². The lowest BCUT2D eigenvalue weighted by molar-refractivity contribution is -0.135. The molecule has 12 heteroatoms. The van der Waals surface area contributed by atoms with Crippen molar-refractivity contribution >= 4 is 44.7 Å². The number of fused-ring (bicyclic) bond motifs is 1. The van der Waals surface area contributed by atoms with E-state index < -0.39 is 15.1 Å². The molecular weight excluding hydrogens is 566 g/mol. The molecule has 0 unspecified atom stereocenters. The van der Waals surface area contributed by atoms with Gasteiger partial charge in [0.2, 0.25) is 17.8 Å². The molecule has 11 nitrogen and oxygen atoms in total. The van der Waals surface area contributed by atoms with E-state index in [0.29, 0.717) is 40.6 Å². The highest BCUT2D eigenvalue weighted by Crippen LogP contribution is 2.38. The third-order valence-corrected chi connectivity index (χ3v) is 10.1. The third kappa shape index (κ3) is 6.15. The summed E-state index contributed by atoms with van der Waals surface area (Å²) in [5.74, 6) is 1.80. The molecule has 0 aliphatic carbocycles. The van der Waals surface area contributed by atoms with Crippen LogP contribution >= 0.6 is 0 Å². The van der Waals surface area contributed by atoms with E-state index in [9.17, 15) is 13.2 Å². The Hall–Kier alpha value is -4.19. The molecule has 228 valence electrons. The van der Waals surface area contributed by atoms with Crippen molar-refractivity contribution in [3.63, 3.8) is 0 Å². The lowest BCUT2D eigenvalue weighted by atomic mass is 9.86. The summed E-state index contributed by atoms with van der Waals surface area (Å²) in [7, 11) is -1.92. The molecule has 0 spiro atoms. The van der Waals surface area contributed by atoms with Gasteiger partial charge in [-0.3, -0.25) is 4.79 Å². The Labute approximate surface area is 252 Å². The standard InChI is InChI=1S/C31H39N7O4S/c1-19(2)29(39)37-15-12-22(13-16-37)23-18-26(42-6)25(17-21(23)5)33-30-35-28-11-14-32-38(28)31(36-30)34-24-9-7-8-10-27(24)43(40,41)20(3)4/h7-11,14,17-20,22H,12-13,15-16H2,1-6H3,(H2,33,34,35,36). The van der Waals surface area contributed by atoms with Crippen molar-refractivity contribution in [1.29, 1.82) is 0 Å². The van der Waals surface area contributed by atoms with Crippen LogP contribution in [0.25, 0.3) is 5.65 Å². The van der Waals surface area contributed by atoms with E-state index in [1.54, 1.807) is 57.5 Å². The molecule has 0 saturated carbocycles. The number of para-hydroxylation sites is 1. The zero-order valence-electron chi connectivity index (χ0n) is 25.5. The lowest BCUT2D eigenvalue weighted by Gasteiger charge is -2.34. The first-order chi connectivity index (χ1) is 20.5. The number of sulfone groups is 1. The maximum absolute atomic E-state index is 13.0. The Morgan fingerprint density at radius 1 is 1.00 bits per heavy atom. The number of anilines is 4.